The predicted molar refractivity (Wildman–Crippen MR) is 85.1 cm³/mol. The van der Waals surface area contributed by atoms with Gasteiger partial charge in [-0.05, 0) is 61.3 Å². The Morgan fingerprint density at radius 1 is 1.20 bits per heavy atom. The zero-order valence-electron chi connectivity index (χ0n) is 12.3. The summed E-state index contributed by atoms with van der Waals surface area (Å²) in [6.45, 7) is 3.24. The highest BCUT2D eigenvalue weighted by atomic mass is 32.1. The van der Waals surface area contributed by atoms with Gasteiger partial charge in [-0.15, -0.1) is 0 Å². The van der Waals surface area contributed by atoms with Crippen LogP contribution in [0.4, 0.5) is 0 Å². The van der Waals surface area contributed by atoms with E-state index in [4.69, 9.17) is 4.42 Å². The van der Waals surface area contributed by atoms with Crippen molar-refractivity contribution in [2.45, 2.75) is 38.3 Å². The van der Waals surface area contributed by atoms with Crippen LogP contribution in [0.2, 0.25) is 0 Å². The van der Waals surface area contributed by atoms with Gasteiger partial charge in [-0.3, -0.25) is 0 Å². The third kappa shape index (κ3) is 4.20. The summed E-state index contributed by atoms with van der Waals surface area (Å²) in [5.41, 5.74) is 2.64. The van der Waals surface area contributed by atoms with E-state index in [0.29, 0.717) is 12.1 Å². The van der Waals surface area contributed by atoms with Gasteiger partial charge < -0.3 is 15.1 Å². The van der Waals surface area contributed by atoms with Gasteiger partial charge in [-0.1, -0.05) is 6.92 Å². The first kappa shape index (κ1) is 15.3. The lowest BCUT2D eigenvalue weighted by Gasteiger charge is -2.21. The minimum Gasteiger partial charge on any atom is -0.472 e. The van der Waals surface area contributed by atoms with Crippen molar-refractivity contribution in [3.05, 3.63) is 46.5 Å². The molecule has 0 saturated carbocycles. The van der Waals surface area contributed by atoms with Gasteiger partial charge in [0.05, 0.1) is 12.5 Å². The van der Waals surface area contributed by atoms with Crippen molar-refractivity contribution in [2.24, 2.45) is 0 Å². The van der Waals surface area contributed by atoms with Crippen molar-refractivity contribution < 1.29 is 4.42 Å². The SMILES string of the molecule is CCCNC(CCC(NC)c1ccsc1)c1ccoc1. The van der Waals surface area contributed by atoms with Crippen molar-refractivity contribution in [1.82, 2.24) is 10.6 Å². The highest BCUT2D eigenvalue weighted by Gasteiger charge is 2.16. The lowest BCUT2D eigenvalue weighted by Crippen LogP contribution is -2.24. The fraction of sp³-hybridized carbons (Fsp3) is 0.500. The third-order valence-corrected chi connectivity index (χ3v) is 4.33. The summed E-state index contributed by atoms with van der Waals surface area (Å²) < 4.78 is 5.23. The zero-order chi connectivity index (χ0) is 14.2. The average molecular weight is 292 g/mol. The molecule has 0 aromatic carbocycles. The zero-order valence-corrected chi connectivity index (χ0v) is 13.1. The van der Waals surface area contributed by atoms with Crippen LogP contribution in [0.25, 0.3) is 0 Å². The quantitative estimate of drug-likeness (QED) is 0.730. The third-order valence-electron chi connectivity index (χ3n) is 3.62. The van der Waals surface area contributed by atoms with E-state index in [2.05, 4.69) is 40.5 Å². The Kier molecular flexibility index (Phi) is 6.30. The first-order valence-electron chi connectivity index (χ1n) is 7.30. The minimum absolute atomic E-state index is 0.378. The number of rotatable bonds is 9. The molecule has 110 valence electrons. The van der Waals surface area contributed by atoms with E-state index in [1.807, 2.05) is 13.3 Å². The summed E-state index contributed by atoms with van der Waals surface area (Å²) in [5, 5.41) is 11.4. The van der Waals surface area contributed by atoms with E-state index in [9.17, 15) is 0 Å². The Hall–Kier alpha value is -1.10. The van der Waals surface area contributed by atoms with Crippen LogP contribution >= 0.6 is 11.3 Å². The molecule has 0 amide bonds. The van der Waals surface area contributed by atoms with E-state index in [1.165, 1.54) is 11.1 Å². The molecule has 2 aromatic heterocycles. The van der Waals surface area contributed by atoms with E-state index in [0.717, 1.165) is 25.8 Å². The van der Waals surface area contributed by atoms with Crippen LogP contribution in [0, 0.1) is 0 Å². The molecule has 0 fully saturated rings. The van der Waals surface area contributed by atoms with Crippen molar-refractivity contribution in [2.75, 3.05) is 13.6 Å². The minimum atomic E-state index is 0.378. The van der Waals surface area contributed by atoms with E-state index >= 15 is 0 Å². The molecule has 3 nitrogen and oxygen atoms in total. The highest BCUT2D eigenvalue weighted by molar-refractivity contribution is 7.07. The summed E-state index contributed by atoms with van der Waals surface area (Å²) in [6, 6.07) is 5.08. The molecular formula is C16H24N2OS. The first-order valence-corrected chi connectivity index (χ1v) is 8.24. The number of hydrogen-bond donors (Lipinski definition) is 2. The molecular weight excluding hydrogens is 268 g/mol. The van der Waals surface area contributed by atoms with Gasteiger partial charge in [-0.25, -0.2) is 0 Å². The molecule has 4 heteroatoms. The van der Waals surface area contributed by atoms with Gasteiger partial charge in [0.15, 0.2) is 0 Å². The molecule has 2 aromatic rings. The van der Waals surface area contributed by atoms with Crippen LogP contribution in [0.3, 0.4) is 0 Å². The van der Waals surface area contributed by atoms with Gasteiger partial charge >= 0.3 is 0 Å². The second kappa shape index (κ2) is 8.25. The first-order chi connectivity index (χ1) is 9.85. The fourth-order valence-electron chi connectivity index (χ4n) is 2.46. The van der Waals surface area contributed by atoms with E-state index in [-0.39, 0.29) is 0 Å². The largest absolute Gasteiger partial charge is 0.472 e. The number of thiophene rings is 1. The Morgan fingerprint density at radius 2 is 2.05 bits per heavy atom. The molecule has 20 heavy (non-hydrogen) atoms. The van der Waals surface area contributed by atoms with Gasteiger partial charge in [0, 0.05) is 17.6 Å². The molecule has 0 spiro atoms. The second-order valence-corrected chi connectivity index (χ2v) is 5.82. The summed E-state index contributed by atoms with van der Waals surface area (Å²) in [5.74, 6) is 0. The fourth-order valence-corrected chi connectivity index (χ4v) is 3.18. The molecule has 2 unspecified atom stereocenters. The summed E-state index contributed by atoms with van der Waals surface area (Å²) in [7, 11) is 2.04. The summed E-state index contributed by atoms with van der Waals surface area (Å²) in [6.07, 6.45) is 6.96. The molecule has 2 atom stereocenters. The lowest BCUT2D eigenvalue weighted by atomic mass is 9.98. The van der Waals surface area contributed by atoms with Gasteiger partial charge in [0.2, 0.25) is 0 Å². The maximum absolute atomic E-state index is 5.23. The number of hydrogen-bond acceptors (Lipinski definition) is 4. The Morgan fingerprint density at radius 3 is 2.65 bits per heavy atom. The Labute approximate surface area is 125 Å². The molecule has 0 aliphatic rings. The molecule has 0 radical (unpaired) electrons. The molecule has 0 aliphatic heterocycles. The predicted octanol–water partition coefficient (Wildman–Crippen LogP) is 4.12. The molecule has 0 aliphatic carbocycles. The topological polar surface area (TPSA) is 37.2 Å². The van der Waals surface area contributed by atoms with Crippen LogP contribution in [0.15, 0.2) is 39.8 Å². The highest BCUT2D eigenvalue weighted by Crippen LogP contribution is 2.26. The van der Waals surface area contributed by atoms with Gasteiger partial charge in [0.1, 0.15) is 0 Å². The number of furan rings is 1. The van der Waals surface area contributed by atoms with Crippen LogP contribution in [0.5, 0.6) is 0 Å². The van der Waals surface area contributed by atoms with Crippen molar-refractivity contribution >= 4 is 11.3 Å². The smallest absolute Gasteiger partial charge is 0.0950 e. The lowest BCUT2D eigenvalue weighted by molar-refractivity contribution is 0.432. The number of nitrogens with one attached hydrogen (secondary N) is 2. The van der Waals surface area contributed by atoms with Crippen molar-refractivity contribution in [3.63, 3.8) is 0 Å². The van der Waals surface area contributed by atoms with Gasteiger partial charge in [0.25, 0.3) is 0 Å². The molecule has 0 bridgehead atoms. The van der Waals surface area contributed by atoms with Crippen LogP contribution in [-0.4, -0.2) is 13.6 Å². The Bertz CT molecular complexity index is 453. The molecule has 2 heterocycles. The van der Waals surface area contributed by atoms with Crippen molar-refractivity contribution in [3.8, 4) is 0 Å². The molecule has 2 rings (SSSR count). The Balaban J connectivity index is 1.93. The summed E-state index contributed by atoms with van der Waals surface area (Å²) >= 11 is 1.76. The van der Waals surface area contributed by atoms with Crippen LogP contribution in [-0.2, 0) is 0 Å². The normalized spacial score (nSPS) is 14.3. The molecule has 0 saturated heterocycles. The summed E-state index contributed by atoms with van der Waals surface area (Å²) in [4.78, 5) is 0. The van der Waals surface area contributed by atoms with Gasteiger partial charge in [-0.2, -0.15) is 11.3 Å². The standard InChI is InChI=1S/C16H24N2OS/c1-3-8-18-16(13-6-9-19-11-13)5-4-15(17-2)14-7-10-20-12-14/h6-7,9-12,15-18H,3-5,8H2,1-2H3. The van der Waals surface area contributed by atoms with E-state index < -0.39 is 0 Å². The molecule has 2 N–H and O–H groups in total. The monoisotopic (exact) mass is 292 g/mol. The maximum Gasteiger partial charge on any atom is 0.0950 e. The van der Waals surface area contributed by atoms with E-state index in [1.54, 1.807) is 17.6 Å². The maximum atomic E-state index is 5.23. The average Bonchev–Trinajstić information content (AvgIpc) is 3.15. The van der Waals surface area contributed by atoms with Crippen LogP contribution in [0.1, 0.15) is 49.4 Å². The van der Waals surface area contributed by atoms with Crippen LogP contribution < -0.4 is 10.6 Å². The van der Waals surface area contributed by atoms with Crippen molar-refractivity contribution in [1.29, 1.82) is 0 Å². The second-order valence-electron chi connectivity index (χ2n) is 5.04.